The summed E-state index contributed by atoms with van der Waals surface area (Å²) in [5, 5.41) is 22.6. The maximum absolute atomic E-state index is 12.5. The van der Waals surface area contributed by atoms with E-state index in [1.807, 2.05) is 0 Å². The normalized spacial score (nSPS) is 10.6. The molecular weight excluding hydrogens is 442 g/mol. The number of carbonyl (C=O) groups is 2. The van der Waals surface area contributed by atoms with E-state index >= 15 is 0 Å². The number of esters is 2. The molecule has 0 aliphatic carbocycles. The monoisotopic (exact) mass is 457 g/mol. The van der Waals surface area contributed by atoms with Crippen molar-refractivity contribution in [3.8, 4) is 22.8 Å². The largest absolute Gasteiger partial charge is 0.422 e. The number of ether oxygens (including phenoxy) is 2. The highest BCUT2D eigenvalue weighted by atomic mass is 16.6. The molecule has 0 N–H and O–H groups in total. The highest BCUT2D eigenvalue weighted by molar-refractivity contribution is 5.82. The summed E-state index contributed by atoms with van der Waals surface area (Å²) in [5.74, 6) is -2.65. The molecule has 3 rings (SSSR count). The number of nitro benzene ring substituents is 2. The van der Waals surface area contributed by atoms with Crippen molar-refractivity contribution in [2.75, 3.05) is 0 Å². The van der Waals surface area contributed by atoms with Crippen molar-refractivity contribution in [2.24, 2.45) is 0 Å². The fourth-order valence-corrected chi connectivity index (χ4v) is 2.71. The minimum Gasteiger partial charge on any atom is -0.422 e. The van der Waals surface area contributed by atoms with E-state index in [0.717, 1.165) is 24.3 Å². The van der Waals surface area contributed by atoms with Crippen LogP contribution >= 0.6 is 0 Å². The van der Waals surface area contributed by atoms with Crippen LogP contribution in [-0.4, -0.2) is 26.8 Å². The Morgan fingerprint density at radius 2 is 1.67 bits per heavy atom. The maximum Gasteiger partial charge on any atom is 0.363 e. The second-order valence-electron chi connectivity index (χ2n) is 6.49. The quantitative estimate of drug-likeness (QED) is 0.219. The lowest BCUT2D eigenvalue weighted by Crippen LogP contribution is -2.13. The van der Waals surface area contributed by atoms with E-state index in [9.17, 15) is 34.6 Å². The standard InChI is InChI=1S/C20H15N3O10/c1-3-16(24)31-15-8-10(7-13(23(29)30)19(15)33-17(25)4-2)18-20(26)32-14-9-11(22(27)28)5-6-12(14)21-18/h5-9H,3-4H2,1-2H3. The van der Waals surface area contributed by atoms with Crippen LogP contribution in [0.4, 0.5) is 11.4 Å². The van der Waals surface area contributed by atoms with Gasteiger partial charge in [0, 0.05) is 30.5 Å². The molecule has 0 spiro atoms. The average molecular weight is 457 g/mol. The number of aromatic nitrogens is 1. The molecule has 0 atom stereocenters. The fraction of sp³-hybridized carbons (Fsp3) is 0.200. The summed E-state index contributed by atoms with van der Waals surface area (Å²) in [5.41, 5.74) is -2.79. The van der Waals surface area contributed by atoms with Crippen LogP contribution in [0.2, 0.25) is 0 Å². The van der Waals surface area contributed by atoms with Gasteiger partial charge < -0.3 is 13.9 Å². The van der Waals surface area contributed by atoms with Crippen molar-refractivity contribution in [1.82, 2.24) is 4.98 Å². The molecule has 13 heteroatoms. The van der Waals surface area contributed by atoms with Gasteiger partial charge in [-0.05, 0) is 12.1 Å². The molecule has 0 bridgehead atoms. The predicted molar refractivity (Wildman–Crippen MR) is 111 cm³/mol. The predicted octanol–water partition coefficient (Wildman–Crippen LogP) is 3.30. The Hall–Kier alpha value is -4.68. The van der Waals surface area contributed by atoms with Gasteiger partial charge in [0.25, 0.3) is 11.4 Å². The Labute approximate surface area is 183 Å². The van der Waals surface area contributed by atoms with Crippen LogP contribution in [0.3, 0.4) is 0 Å². The fourth-order valence-electron chi connectivity index (χ4n) is 2.71. The zero-order chi connectivity index (χ0) is 24.3. The third-order valence-electron chi connectivity index (χ3n) is 4.30. The van der Waals surface area contributed by atoms with Crippen molar-refractivity contribution in [3.63, 3.8) is 0 Å². The lowest BCUT2D eigenvalue weighted by Gasteiger charge is -2.12. The van der Waals surface area contributed by atoms with Gasteiger partial charge in [-0.1, -0.05) is 13.8 Å². The number of rotatable bonds is 7. The molecule has 0 saturated carbocycles. The Bertz CT molecular complexity index is 1360. The number of hydrogen-bond acceptors (Lipinski definition) is 11. The number of nitro groups is 2. The summed E-state index contributed by atoms with van der Waals surface area (Å²) in [6.45, 7) is 2.95. The van der Waals surface area contributed by atoms with Crippen molar-refractivity contribution in [1.29, 1.82) is 0 Å². The van der Waals surface area contributed by atoms with Crippen molar-refractivity contribution in [2.45, 2.75) is 26.7 Å². The van der Waals surface area contributed by atoms with Gasteiger partial charge >= 0.3 is 23.3 Å². The minimum absolute atomic E-state index is 0.0615. The molecule has 170 valence electrons. The summed E-state index contributed by atoms with van der Waals surface area (Å²) in [7, 11) is 0. The summed E-state index contributed by atoms with van der Waals surface area (Å²) in [6, 6.07) is 5.39. The molecule has 33 heavy (non-hydrogen) atoms. The van der Waals surface area contributed by atoms with Crippen LogP contribution in [-0.2, 0) is 9.59 Å². The molecule has 0 unspecified atom stereocenters. The van der Waals surface area contributed by atoms with Gasteiger partial charge in [-0.2, -0.15) is 0 Å². The van der Waals surface area contributed by atoms with E-state index in [0.29, 0.717) is 0 Å². The SMILES string of the molecule is CCC(=O)Oc1cc(-c2nc3ccc([N+](=O)[O-])cc3oc2=O)cc([N+](=O)[O-])c1OC(=O)CC. The van der Waals surface area contributed by atoms with Crippen LogP contribution in [0.5, 0.6) is 11.5 Å². The molecule has 13 nitrogen and oxygen atoms in total. The number of fused-ring (bicyclic) bond motifs is 1. The summed E-state index contributed by atoms with van der Waals surface area (Å²) in [4.78, 5) is 61.3. The maximum atomic E-state index is 12.5. The molecule has 0 amide bonds. The smallest absolute Gasteiger partial charge is 0.363 e. The zero-order valence-corrected chi connectivity index (χ0v) is 17.2. The highest BCUT2D eigenvalue weighted by Crippen LogP contribution is 2.41. The summed E-state index contributed by atoms with van der Waals surface area (Å²) >= 11 is 0. The van der Waals surface area contributed by atoms with Gasteiger partial charge in [0.15, 0.2) is 17.0 Å². The summed E-state index contributed by atoms with van der Waals surface area (Å²) in [6.07, 6.45) is -0.198. The zero-order valence-electron chi connectivity index (χ0n) is 17.2. The van der Waals surface area contributed by atoms with E-state index in [1.54, 1.807) is 0 Å². The van der Waals surface area contributed by atoms with Gasteiger partial charge in [-0.15, -0.1) is 0 Å². The lowest BCUT2D eigenvalue weighted by molar-refractivity contribution is -0.385. The second-order valence-corrected chi connectivity index (χ2v) is 6.49. The Kier molecular flexibility index (Phi) is 6.42. The van der Waals surface area contributed by atoms with Crippen molar-refractivity contribution in [3.05, 3.63) is 61.0 Å². The summed E-state index contributed by atoms with van der Waals surface area (Å²) < 4.78 is 15.2. The van der Waals surface area contributed by atoms with E-state index < -0.39 is 44.6 Å². The molecule has 2 aromatic carbocycles. The number of non-ortho nitro benzene ring substituents is 1. The van der Waals surface area contributed by atoms with Crippen molar-refractivity contribution >= 4 is 34.4 Å². The molecule has 1 aromatic heterocycles. The highest BCUT2D eigenvalue weighted by Gasteiger charge is 2.28. The molecule has 1 heterocycles. The van der Waals surface area contributed by atoms with Crippen LogP contribution < -0.4 is 15.1 Å². The van der Waals surface area contributed by atoms with E-state index in [1.165, 1.54) is 19.9 Å². The van der Waals surface area contributed by atoms with E-state index in [-0.39, 0.29) is 40.9 Å². The average Bonchev–Trinajstić information content (AvgIpc) is 2.78. The van der Waals surface area contributed by atoms with Crippen molar-refractivity contribution < 1.29 is 33.3 Å². The lowest BCUT2D eigenvalue weighted by atomic mass is 10.1. The second kappa shape index (κ2) is 9.21. The topological polar surface area (TPSA) is 182 Å². The molecule has 0 radical (unpaired) electrons. The molecule has 0 aliphatic heterocycles. The molecule has 0 aliphatic rings. The van der Waals surface area contributed by atoms with Crippen LogP contribution in [0.1, 0.15) is 26.7 Å². The molecular formula is C20H15N3O10. The first-order chi connectivity index (χ1) is 15.6. The number of carbonyl (C=O) groups excluding carboxylic acids is 2. The first kappa shape index (κ1) is 23.0. The van der Waals surface area contributed by atoms with Crippen LogP contribution in [0.15, 0.2) is 39.5 Å². The van der Waals surface area contributed by atoms with Crippen LogP contribution in [0, 0.1) is 20.2 Å². The number of benzene rings is 2. The Balaban J connectivity index is 2.25. The number of hydrogen-bond donors (Lipinski definition) is 0. The van der Waals surface area contributed by atoms with Gasteiger partial charge in [0.05, 0.1) is 15.9 Å². The molecule has 0 fully saturated rings. The van der Waals surface area contributed by atoms with Gasteiger partial charge in [0.1, 0.15) is 5.52 Å². The third kappa shape index (κ3) is 4.81. The van der Waals surface area contributed by atoms with Crippen LogP contribution in [0.25, 0.3) is 22.4 Å². The van der Waals surface area contributed by atoms with E-state index in [2.05, 4.69) is 4.98 Å². The molecule has 3 aromatic rings. The first-order valence-electron chi connectivity index (χ1n) is 9.48. The van der Waals surface area contributed by atoms with Gasteiger partial charge in [-0.3, -0.25) is 29.8 Å². The third-order valence-corrected chi connectivity index (χ3v) is 4.30. The Morgan fingerprint density at radius 1 is 1.00 bits per heavy atom. The first-order valence-corrected chi connectivity index (χ1v) is 9.48. The van der Waals surface area contributed by atoms with Gasteiger partial charge in [0.2, 0.25) is 0 Å². The van der Waals surface area contributed by atoms with Gasteiger partial charge in [-0.25, -0.2) is 9.78 Å². The Morgan fingerprint density at radius 3 is 2.27 bits per heavy atom. The molecule has 0 saturated heterocycles. The minimum atomic E-state index is -1.05. The number of nitrogens with zero attached hydrogens (tertiary/aromatic N) is 3. The van der Waals surface area contributed by atoms with E-state index in [4.69, 9.17) is 13.9 Å².